The van der Waals surface area contributed by atoms with Crippen molar-refractivity contribution >= 4 is 27.0 Å². The summed E-state index contributed by atoms with van der Waals surface area (Å²) in [4.78, 5) is 13.8. The molecule has 1 atom stereocenters. The van der Waals surface area contributed by atoms with Gasteiger partial charge in [0.05, 0.1) is 22.4 Å². The van der Waals surface area contributed by atoms with Crippen molar-refractivity contribution in [2.75, 3.05) is 0 Å². The maximum absolute atomic E-state index is 6.25. The summed E-state index contributed by atoms with van der Waals surface area (Å²) in [5, 5.41) is 4.32. The van der Waals surface area contributed by atoms with E-state index in [4.69, 9.17) is 4.74 Å². The largest absolute Gasteiger partial charge is 0.482 e. The lowest BCUT2D eigenvalue weighted by Gasteiger charge is -2.19. The first-order valence-corrected chi connectivity index (χ1v) is 9.38. The number of hydrogen-bond donors (Lipinski definition) is 0. The van der Waals surface area contributed by atoms with Crippen molar-refractivity contribution < 1.29 is 4.74 Å². The SMILES string of the molecule is Cc1ccc2nc(C)c(O[C@@H](C)c3nc(Br)ccc3-n3cccn3)cc2n1. The lowest BCUT2D eigenvalue weighted by atomic mass is 10.2. The Labute approximate surface area is 165 Å². The molecule has 0 N–H and O–H groups in total. The van der Waals surface area contributed by atoms with Crippen LogP contribution in [0.25, 0.3) is 16.7 Å². The van der Waals surface area contributed by atoms with Crippen molar-refractivity contribution in [1.82, 2.24) is 24.7 Å². The molecule has 7 heteroatoms. The maximum atomic E-state index is 6.25. The third-order valence-corrected chi connectivity index (χ3v) is 4.70. The Morgan fingerprint density at radius 2 is 1.89 bits per heavy atom. The summed E-state index contributed by atoms with van der Waals surface area (Å²) in [5.41, 5.74) is 5.09. The molecular weight excluding hydrogens is 406 g/mol. The van der Waals surface area contributed by atoms with Gasteiger partial charge in [-0.25, -0.2) is 14.6 Å². The molecule has 0 spiro atoms. The first-order chi connectivity index (χ1) is 13.0. The molecule has 0 bridgehead atoms. The van der Waals surface area contributed by atoms with Gasteiger partial charge in [-0.2, -0.15) is 5.10 Å². The van der Waals surface area contributed by atoms with Crippen LogP contribution in [-0.4, -0.2) is 24.7 Å². The topological polar surface area (TPSA) is 65.7 Å². The monoisotopic (exact) mass is 423 g/mol. The van der Waals surface area contributed by atoms with E-state index in [9.17, 15) is 0 Å². The van der Waals surface area contributed by atoms with Crippen molar-refractivity contribution in [2.24, 2.45) is 0 Å². The Morgan fingerprint density at radius 1 is 1.04 bits per heavy atom. The van der Waals surface area contributed by atoms with Crippen LogP contribution in [0.15, 0.2) is 53.4 Å². The van der Waals surface area contributed by atoms with Crippen LogP contribution in [0, 0.1) is 13.8 Å². The lowest BCUT2D eigenvalue weighted by molar-refractivity contribution is 0.219. The molecule has 4 aromatic rings. The van der Waals surface area contributed by atoms with Gasteiger partial charge in [-0.1, -0.05) is 0 Å². The number of halogens is 1. The summed E-state index contributed by atoms with van der Waals surface area (Å²) < 4.78 is 8.77. The molecular formula is C20H18BrN5O. The zero-order chi connectivity index (χ0) is 19.0. The van der Waals surface area contributed by atoms with E-state index in [0.29, 0.717) is 5.75 Å². The molecule has 0 radical (unpaired) electrons. The van der Waals surface area contributed by atoms with Crippen molar-refractivity contribution in [3.05, 3.63) is 70.5 Å². The molecule has 136 valence electrons. The molecule has 0 aromatic carbocycles. The van der Waals surface area contributed by atoms with Crippen LogP contribution in [0.2, 0.25) is 0 Å². The number of pyridine rings is 3. The van der Waals surface area contributed by atoms with Gasteiger partial charge >= 0.3 is 0 Å². The fourth-order valence-corrected chi connectivity index (χ4v) is 3.27. The van der Waals surface area contributed by atoms with Crippen LogP contribution >= 0.6 is 15.9 Å². The number of aromatic nitrogens is 5. The Morgan fingerprint density at radius 3 is 2.67 bits per heavy atom. The predicted molar refractivity (Wildman–Crippen MR) is 107 cm³/mol. The molecule has 4 rings (SSSR count). The molecule has 0 aliphatic heterocycles. The molecule has 4 aromatic heterocycles. The van der Waals surface area contributed by atoms with Crippen molar-refractivity contribution in [3.63, 3.8) is 0 Å². The average molecular weight is 424 g/mol. The minimum Gasteiger partial charge on any atom is -0.482 e. The zero-order valence-electron chi connectivity index (χ0n) is 15.2. The molecule has 0 unspecified atom stereocenters. The number of aryl methyl sites for hydroxylation is 2. The number of hydrogen-bond acceptors (Lipinski definition) is 5. The quantitative estimate of drug-likeness (QED) is 0.443. The maximum Gasteiger partial charge on any atom is 0.143 e. The fourth-order valence-electron chi connectivity index (χ4n) is 2.95. The Balaban J connectivity index is 1.72. The fraction of sp³-hybridized carbons (Fsp3) is 0.200. The second kappa shape index (κ2) is 7.08. The van der Waals surface area contributed by atoms with Crippen LogP contribution in [-0.2, 0) is 0 Å². The van der Waals surface area contributed by atoms with Crippen molar-refractivity contribution in [3.8, 4) is 11.4 Å². The number of rotatable bonds is 4. The standard InChI is InChI=1S/C20H18BrN5O/c1-12-5-6-15-16(23-12)11-18(13(2)24-15)27-14(3)20-17(7-8-19(21)25-20)26-10-4-9-22-26/h4-11,14H,1-3H3/t14-/m0/s1. The van der Waals surface area contributed by atoms with E-state index in [-0.39, 0.29) is 6.10 Å². The molecule has 27 heavy (non-hydrogen) atoms. The Bertz CT molecular complexity index is 1110. The van der Waals surface area contributed by atoms with Gasteiger partial charge in [-0.05, 0) is 67.0 Å². The summed E-state index contributed by atoms with van der Waals surface area (Å²) >= 11 is 3.45. The van der Waals surface area contributed by atoms with Crippen molar-refractivity contribution in [1.29, 1.82) is 0 Å². The van der Waals surface area contributed by atoms with Gasteiger partial charge in [-0.15, -0.1) is 0 Å². The van der Waals surface area contributed by atoms with Crippen LogP contribution in [0.1, 0.15) is 30.1 Å². The molecule has 0 fully saturated rings. The Hall–Kier alpha value is -2.80. The van der Waals surface area contributed by atoms with Gasteiger partial charge in [-0.3, -0.25) is 4.98 Å². The summed E-state index contributed by atoms with van der Waals surface area (Å²) in [6.07, 6.45) is 3.32. The van der Waals surface area contributed by atoms with E-state index in [0.717, 1.165) is 38.4 Å². The predicted octanol–water partition coefficient (Wildman–Crippen LogP) is 4.73. The first kappa shape index (κ1) is 17.6. The molecule has 0 amide bonds. The lowest BCUT2D eigenvalue weighted by Crippen LogP contribution is -2.12. The number of nitrogens with zero attached hydrogens (tertiary/aromatic N) is 5. The molecule has 0 aliphatic carbocycles. The van der Waals surface area contributed by atoms with E-state index in [1.54, 1.807) is 10.9 Å². The normalized spacial score (nSPS) is 12.3. The van der Waals surface area contributed by atoms with E-state index >= 15 is 0 Å². The van der Waals surface area contributed by atoms with E-state index in [1.165, 1.54) is 0 Å². The summed E-state index contributed by atoms with van der Waals surface area (Å²) in [5.74, 6) is 0.696. The van der Waals surface area contributed by atoms with Gasteiger partial charge in [0.2, 0.25) is 0 Å². The highest BCUT2D eigenvalue weighted by molar-refractivity contribution is 9.10. The Kier molecular flexibility index (Phi) is 4.61. The van der Waals surface area contributed by atoms with Gasteiger partial charge < -0.3 is 4.74 Å². The summed E-state index contributed by atoms with van der Waals surface area (Å²) in [6, 6.07) is 11.6. The average Bonchev–Trinajstić information content (AvgIpc) is 3.17. The minimum absolute atomic E-state index is 0.301. The second-order valence-corrected chi connectivity index (χ2v) is 7.12. The molecule has 0 saturated heterocycles. The van der Waals surface area contributed by atoms with E-state index < -0.39 is 0 Å². The van der Waals surface area contributed by atoms with Crippen LogP contribution in [0.3, 0.4) is 0 Å². The highest BCUT2D eigenvalue weighted by Crippen LogP contribution is 2.29. The van der Waals surface area contributed by atoms with E-state index in [1.807, 2.05) is 63.4 Å². The van der Waals surface area contributed by atoms with Crippen LogP contribution < -0.4 is 4.74 Å². The van der Waals surface area contributed by atoms with Gasteiger partial charge in [0, 0.05) is 24.2 Å². The molecule has 0 saturated carbocycles. The minimum atomic E-state index is -0.301. The zero-order valence-corrected chi connectivity index (χ0v) is 16.8. The van der Waals surface area contributed by atoms with Gasteiger partial charge in [0.1, 0.15) is 22.2 Å². The van der Waals surface area contributed by atoms with Gasteiger partial charge in [0.25, 0.3) is 0 Å². The van der Waals surface area contributed by atoms with E-state index in [2.05, 4.69) is 36.0 Å². The molecule has 6 nitrogen and oxygen atoms in total. The smallest absolute Gasteiger partial charge is 0.143 e. The molecule has 0 aliphatic rings. The first-order valence-electron chi connectivity index (χ1n) is 8.59. The van der Waals surface area contributed by atoms with Crippen molar-refractivity contribution in [2.45, 2.75) is 26.9 Å². The summed E-state index contributed by atoms with van der Waals surface area (Å²) in [7, 11) is 0. The summed E-state index contributed by atoms with van der Waals surface area (Å²) in [6.45, 7) is 5.86. The third-order valence-electron chi connectivity index (χ3n) is 4.26. The highest BCUT2D eigenvalue weighted by Gasteiger charge is 2.18. The second-order valence-electron chi connectivity index (χ2n) is 6.31. The highest BCUT2D eigenvalue weighted by atomic mass is 79.9. The number of fused-ring (bicyclic) bond motifs is 1. The third kappa shape index (κ3) is 3.55. The van der Waals surface area contributed by atoms with Gasteiger partial charge in [0.15, 0.2) is 0 Å². The van der Waals surface area contributed by atoms with Crippen LogP contribution in [0.4, 0.5) is 0 Å². The number of ether oxygens (including phenoxy) is 1. The molecule has 4 heterocycles. The van der Waals surface area contributed by atoms with Crippen LogP contribution in [0.5, 0.6) is 5.75 Å².